The third-order valence-electron chi connectivity index (χ3n) is 5.18. The van der Waals surface area contributed by atoms with Gasteiger partial charge in [-0.15, -0.1) is 0 Å². The quantitative estimate of drug-likeness (QED) is 0.792. The van der Waals surface area contributed by atoms with Gasteiger partial charge in [0.05, 0.1) is 18.2 Å². The lowest BCUT2D eigenvalue weighted by molar-refractivity contribution is 0.0920. The summed E-state index contributed by atoms with van der Waals surface area (Å²) in [6, 6.07) is 16.3. The lowest BCUT2D eigenvalue weighted by Gasteiger charge is -2.35. The molecule has 0 spiro atoms. The Morgan fingerprint density at radius 3 is 2.48 bits per heavy atom. The molecule has 144 valence electrons. The fourth-order valence-electron chi connectivity index (χ4n) is 3.70. The standard InChI is InChI=1S/C23H30N2O2/c1-3-27-22-10-6-5-9-20(22)23(26)24-17-21(25-15-7-4-8-16-25)19-13-11-18(2)12-14-19/h5-6,9-14,21H,3-4,7-8,15-17H2,1-2H3,(H,24,26). The smallest absolute Gasteiger partial charge is 0.255 e. The number of hydrogen-bond donors (Lipinski definition) is 1. The second-order valence-corrected chi connectivity index (χ2v) is 7.16. The molecule has 2 aromatic carbocycles. The molecule has 1 unspecified atom stereocenters. The minimum atomic E-state index is -0.0758. The normalized spacial score (nSPS) is 15.9. The molecule has 1 fully saturated rings. The molecule has 1 aliphatic heterocycles. The van der Waals surface area contributed by atoms with Crippen molar-refractivity contribution in [2.75, 3.05) is 26.2 Å². The summed E-state index contributed by atoms with van der Waals surface area (Å²) in [5.41, 5.74) is 3.12. The molecule has 1 amide bonds. The second kappa shape index (κ2) is 9.56. The maximum absolute atomic E-state index is 12.8. The number of carbonyl (C=O) groups is 1. The molecule has 0 bridgehead atoms. The van der Waals surface area contributed by atoms with E-state index in [1.54, 1.807) is 0 Å². The molecular formula is C23H30N2O2. The highest BCUT2D eigenvalue weighted by molar-refractivity contribution is 5.96. The van der Waals surface area contributed by atoms with Gasteiger partial charge >= 0.3 is 0 Å². The zero-order chi connectivity index (χ0) is 19.1. The SMILES string of the molecule is CCOc1ccccc1C(=O)NCC(c1ccc(C)cc1)N1CCCCC1. The number of aryl methyl sites for hydroxylation is 1. The number of ether oxygens (including phenoxy) is 1. The van der Waals surface area contributed by atoms with Crippen LogP contribution < -0.4 is 10.1 Å². The number of nitrogens with one attached hydrogen (secondary N) is 1. The molecule has 0 saturated carbocycles. The van der Waals surface area contributed by atoms with Gasteiger partial charge in [-0.1, -0.05) is 48.4 Å². The van der Waals surface area contributed by atoms with Gasteiger partial charge in [-0.3, -0.25) is 9.69 Å². The van der Waals surface area contributed by atoms with Crippen molar-refractivity contribution in [1.29, 1.82) is 0 Å². The van der Waals surface area contributed by atoms with E-state index in [0.717, 1.165) is 13.1 Å². The maximum atomic E-state index is 12.8. The fourth-order valence-corrected chi connectivity index (χ4v) is 3.70. The van der Waals surface area contributed by atoms with Gasteiger partial charge < -0.3 is 10.1 Å². The van der Waals surface area contributed by atoms with Crippen LogP contribution in [0.2, 0.25) is 0 Å². The maximum Gasteiger partial charge on any atom is 0.255 e. The summed E-state index contributed by atoms with van der Waals surface area (Å²) in [6.45, 7) is 7.35. The van der Waals surface area contributed by atoms with Crippen molar-refractivity contribution in [3.8, 4) is 5.75 Å². The molecule has 0 aliphatic carbocycles. The number of rotatable bonds is 7. The van der Waals surface area contributed by atoms with Crippen LogP contribution in [0.4, 0.5) is 0 Å². The van der Waals surface area contributed by atoms with Crippen LogP contribution >= 0.6 is 0 Å². The minimum Gasteiger partial charge on any atom is -0.493 e. The molecule has 4 nitrogen and oxygen atoms in total. The summed E-state index contributed by atoms with van der Waals surface area (Å²) >= 11 is 0. The summed E-state index contributed by atoms with van der Waals surface area (Å²) in [6.07, 6.45) is 3.75. The van der Waals surface area contributed by atoms with Crippen molar-refractivity contribution in [2.45, 2.75) is 39.2 Å². The Morgan fingerprint density at radius 1 is 1.07 bits per heavy atom. The van der Waals surface area contributed by atoms with Gasteiger partial charge in [0.1, 0.15) is 5.75 Å². The predicted molar refractivity (Wildman–Crippen MR) is 109 cm³/mol. The number of likely N-dealkylation sites (tertiary alicyclic amines) is 1. The zero-order valence-electron chi connectivity index (χ0n) is 16.4. The predicted octanol–water partition coefficient (Wildman–Crippen LogP) is 4.35. The molecule has 1 atom stereocenters. The average molecular weight is 367 g/mol. The van der Waals surface area contributed by atoms with Crippen molar-refractivity contribution in [1.82, 2.24) is 10.2 Å². The Labute approximate surface area is 162 Å². The highest BCUT2D eigenvalue weighted by Crippen LogP contribution is 2.25. The van der Waals surface area contributed by atoms with E-state index in [1.165, 1.54) is 30.4 Å². The molecule has 4 heteroatoms. The topological polar surface area (TPSA) is 41.6 Å². The van der Waals surface area contributed by atoms with Gasteiger partial charge in [-0.05, 0) is 57.5 Å². The molecule has 0 radical (unpaired) electrons. The largest absolute Gasteiger partial charge is 0.493 e. The highest BCUT2D eigenvalue weighted by atomic mass is 16.5. The number of para-hydroxylation sites is 1. The minimum absolute atomic E-state index is 0.0758. The molecular weight excluding hydrogens is 336 g/mol. The van der Waals surface area contributed by atoms with Crippen LogP contribution in [0.5, 0.6) is 5.75 Å². The van der Waals surface area contributed by atoms with Gasteiger partial charge in [-0.2, -0.15) is 0 Å². The Balaban J connectivity index is 1.74. The van der Waals surface area contributed by atoms with Crippen LogP contribution in [0.3, 0.4) is 0 Å². The van der Waals surface area contributed by atoms with Crippen LogP contribution in [0.25, 0.3) is 0 Å². The molecule has 1 N–H and O–H groups in total. The van der Waals surface area contributed by atoms with Gasteiger partial charge in [-0.25, -0.2) is 0 Å². The molecule has 3 rings (SSSR count). The van der Waals surface area contributed by atoms with Crippen molar-refractivity contribution in [3.63, 3.8) is 0 Å². The number of piperidine rings is 1. The van der Waals surface area contributed by atoms with Crippen molar-refractivity contribution >= 4 is 5.91 Å². The van der Waals surface area contributed by atoms with E-state index in [4.69, 9.17) is 4.74 Å². The van der Waals surface area contributed by atoms with Gasteiger partial charge in [0, 0.05) is 6.54 Å². The molecule has 0 aromatic heterocycles. The molecule has 1 saturated heterocycles. The molecule has 1 aliphatic rings. The van der Waals surface area contributed by atoms with E-state index in [2.05, 4.69) is 41.4 Å². The number of carbonyl (C=O) groups excluding carboxylic acids is 1. The van der Waals surface area contributed by atoms with Crippen LogP contribution in [-0.4, -0.2) is 37.0 Å². The Bertz CT molecular complexity index is 736. The van der Waals surface area contributed by atoms with E-state index in [9.17, 15) is 4.79 Å². The number of nitrogens with zero attached hydrogens (tertiary/aromatic N) is 1. The summed E-state index contributed by atoms with van der Waals surface area (Å²) in [5, 5.41) is 3.15. The van der Waals surface area contributed by atoms with E-state index in [0.29, 0.717) is 24.5 Å². The zero-order valence-corrected chi connectivity index (χ0v) is 16.4. The second-order valence-electron chi connectivity index (χ2n) is 7.16. The number of hydrogen-bond acceptors (Lipinski definition) is 3. The van der Waals surface area contributed by atoms with Crippen LogP contribution in [-0.2, 0) is 0 Å². The van der Waals surface area contributed by atoms with Crippen molar-refractivity contribution in [2.24, 2.45) is 0 Å². The third kappa shape index (κ3) is 5.10. The highest BCUT2D eigenvalue weighted by Gasteiger charge is 2.23. The van der Waals surface area contributed by atoms with Gasteiger partial charge in [0.25, 0.3) is 5.91 Å². The first-order valence-corrected chi connectivity index (χ1v) is 9.99. The summed E-state index contributed by atoms with van der Waals surface area (Å²) < 4.78 is 5.61. The van der Waals surface area contributed by atoms with Crippen LogP contribution in [0.15, 0.2) is 48.5 Å². The summed E-state index contributed by atoms with van der Waals surface area (Å²) in [5.74, 6) is 0.565. The Hall–Kier alpha value is -2.33. The Kier molecular flexibility index (Phi) is 6.88. The Morgan fingerprint density at radius 2 is 1.78 bits per heavy atom. The first-order chi connectivity index (χ1) is 13.2. The number of benzene rings is 2. The van der Waals surface area contributed by atoms with Gasteiger partial charge in [0.15, 0.2) is 0 Å². The third-order valence-corrected chi connectivity index (χ3v) is 5.18. The first kappa shape index (κ1) is 19.4. The van der Waals surface area contributed by atoms with E-state index in [-0.39, 0.29) is 11.9 Å². The van der Waals surface area contributed by atoms with E-state index in [1.807, 2.05) is 31.2 Å². The molecule has 27 heavy (non-hydrogen) atoms. The lowest BCUT2D eigenvalue weighted by atomic mass is 10.0. The van der Waals surface area contributed by atoms with E-state index < -0.39 is 0 Å². The van der Waals surface area contributed by atoms with Crippen molar-refractivity contribution in [3.05, 3.63) is 65.2 Å². The monoisotopic (exact) mass is 366 g/mol. The summed E-state index contributed by atoms with van der Waals surface area (Å²) in [7, 11) is 0. The number of amides is 1. The van der Waals surface area contributed by atoms with E-state index >= 15 is 0 Å². The van der Waals surface area contributed by atoms with Crippen LogP contribution in [0.1, 0.15) is 53.7 Å². The molecule has 2 aromatic rings. The van der Waals surface area contributed by atoms with Crippen LogP contribution in [0, 0.1) is 6.92 Å². The fraction of sp³-hybridized carbons (Fsp3) is 0.435. The molecule has 1 heterocycles. The lowest BCUT2D eigenvalue weighted by Crippen LogP contribution is -2.40. The summed E-state index contributed by atoms with van der Waals surface area (Å²) in [4.78, 5) is 15.3. The first-order valence-electron chi connectivity index (χ1n) is 9.99. The van der Waals surface area contributed by atoms with Gasteiger partial charge in [0.2, 0.25) is 0 Å². The average Bonchev–Trinajstić information content (AvgIpc) is 2.71. The van der Waals surface area contributed by atoms with Crippen molar-refractivity contribution < 1.29 is 9.53 Å².